The van der Waals surface area contributed by atoms with Crippen LogP contribution in [0.25, 0.3) is 10.9 Å². The predicted molar refractivity (Wildman–Crippen MR) is 82.6 cm³/mol. The molecule has 4 nitrogen and oxygen atoms in total. The van der Waals surface area contributed by atoms with E-state index in [1.54, 1.807) is 6.07 Å². The lowest BCUT2D eigenvalue weighted by Crippen LogP contribution is -2.40. The monoisotopic (exact) mass is 330 g/mol. The van der Waals surface area contributed by atoms with Gasteiger partial charge >= 0.3 is 0 Å². The molecule has 3 rings (SSSR count). The summed E-state index contributed by atoms with van der Waals surface area (Å²) < 4.78 is 22.9. The molecule has 2 heterocycles. The molecule has 20 heavy (non-hydrogen) atoms. The molecule has 1 aromatic heterocycles. The predicted octanol–water partition coefficient (Wildman–Crippen LogP) is 2.78. The first-order valence-corrected chi connectivity index (χ1v) is 8.74. The molecule has 1 saturated heterocycles. The van der Waals surface area contributed by atoms with Crippen LogP contribution >= 0.6 is 23.2 Å². The molecular weight excluding hydrogens is 319 g/mol. The molecule has 7 heteroatoms. The molecule has 0 unspecified atom stereocenters. The number of fused-ring (bicyclic) bond motifs is 1. The highest BCUT2D eigenvalue weighted by Gasteiger charge is 2.22. The molecule has 0 atom stereocenters. The minimum Gasteiger partial charge on any atom is -0.355 e. The third-order valence-electron chi connectivity index (χ3n) is 3.41. The molecule has 1 fully saturated rings. The molecule has 0 spiro atoms. The number of halogens is 2. The van der Waals surface area contributed by atoms with Crippen molar-refractivity contribution in [2.45, 2.75) is 0 Å². The molecule has 2 aromatic rings. The molecule has 1 aliphatic heterocycles. The van der Waals surface area contributed by atoms with Gasteiger partial charge in [0.05, 0.1) is 27.1 Å². The minimum atomic E-state index is -2.90. The summed E-state index contributed by atoms with van der Waals surface area (Å²) in [5.74, 6) is 1.06. The van der Waals surface area contributed by atoms with Crippen LogP contribution in [0.15, 0.2) is 24.3 Å². The number of rotatable bonds is 1. The second kappa shape index (κ2) is 5.06. The molecular formula is C13H12Cl2N2O2S. The summed E-state index contributed by atoms with van der Waals surface area (Å²) in [6, 6.07) is 7.40. The van der Waals surface area contributed by atoms with Crippen molar-refractivity contribution in [1.29, 1.82) is 0 Å². The number of sulfone groups is 1. The topological polar surface area (TPSA) is 50.3 Å². The first-order valence-electron chi connectivity index (χ1n) is 6.16. The fourth-order valence-corrected chi connectivity index (χ4v) is 3.80. The minimum absolute atomic E-state index is 0.163. The highest BCUT2D eigenvalue weighted by Crippen LogP contribution is 2.31. The maximum Gasteiger partial charge on any atom is 0.153 e. The van der Waals surface area contributed by atoms with E-state index in [2.05, 4.69) is 4.98 Å². The van der Waals surface area contributed by atoms with Gasteiger partial charge in [-0.1, -0.05) is 29.3 Å². The second-order valence-corrected chi connectivity index (χ2v) is 7.83. The van der Waals surface area contributed by atoms with E-state index in [1.165, 1.54) is 0 Å². The van der Waals surface area contributed by atoms with Gasteiger partial charge in [0.15, 0.2) is 9.84 Å². The summed E-state index contributed by atoms with van der Waals surface area (Å²) in [5.41, 5.74) is 0.644. The van der Waals surface area contributed by atoms with Crippen LogP contribution < -0.4 is 4.90 Å². The van der Waals surface area contributed by atoms with Gasteiger partial charge in [0.25, 0.3) is 0 Å². The van der Waals surface area contributed by atoms with Gasteiger partial charge in [-0.15, -0.1) is 0 Å². The van der Waals surface area contributed by atoms with Crippen LogP contribution in [0.3, 0.4) is 0 Å². The van der Waals surface area contributed by atoms with Crippen LogP contribution in [-0.2, 0) is 9.84 Å². The largest absolute Gasteiger partial charge is 0.355 e. The Morgan fingerprint density at radius 2 is 1.70 bits per heavy atom. The Labute approximate surface area is 127 Å². The molecule has 0 aliphatic carbocycles. The summed E-state index contributed by atoms with van der Waals surface area (Å²) >= 11 is 12.2. The van der Waals surface area contributed by atoms with Crippen molar-refractivity contribution in [2.75, 3.05) is 29.5 Å². The smallest absolute Gasteiger partial charge is 0.153 e. The van der Waals surface area contributed by atoms with Gasteiger partial charge in [-0.2, -0.15) is 0 Å². The van der Waals surface area contributed by atoms with E-state index in [1.807, 2.05) is 23.1 Å². The Bertz CT molecular complexity index is 763. The van der Waals surface area contributed by atoms with E-state index in [0.717, 1.165) is 11.2 Å². The first-order chi connectivity index (χ1) is 9.46. The Balaban J connectivity index is 1.99. The van der Waals surface area contributed by atoms with Crippen LogP contribution in [0.2, 0.25) is 10.0 Å². The number of hydrogen-bond donors (Lipinski definition) is 0. The first kappa shape index (κ1) is 13.9. The van der Waals surface area contributed by atoms with E-state index in [-0.39, 0.29) is 11.5 Å². The van der Waals surface area contributed by atoms with E-state index in [0.29, 0.717) is 28.7 Å². The van der Waals surface area contributed by atoms with Gasteiger partial charge in [-0.05, 0) is 18.2 Å². The van der Waals surface area contributed by atoms with Gasteiger partial charge < -0.3 is 4.90 Å². The maximum atomic E-state index is 11.5. The highest BCUT2D eigenvalue weighted by atomic mass is 35.5. The van der Waals surface area contributed by atoms with E-state index in [4.69, 9.17) is 23.2 Å². The average Bonchev–Trinajstić information content (AvgIpc) is 2.43. The standard InChI is InChI=1S/C13H12Cl2N2O2S/c14-10-3-1-9-2-4-11(16-13(9)12(10)15)17-5-7-20(18,19)8-6-17/h1-4H,5-8H2. The fourth-order valence-electron chi connectivity index (χ4n) is 2.24. The Hall–Kier alpha value is -1.04. The van der Waals surface area contributed by atoms with Gasteiger partial charge in [0.1, 0.15) is 5.82 Å². The van der Waals surface area contributed by atoms with Crippen LogP contribution in [0.4, 0.5) is 5.82 Å². The number of benzene rings is 1. The number of pyridine rings is 1. The summed E-state index contributed by atoms with van der Waals surface area (Å²) in [6.45, 7) is 0.915. The normalized spacial score (nSPS) is 18.4. The van der Waals surface area contributed by atoms with Crippen molar-refractivity contribution in [2.24, 2.45) is 0 Å². The lowest BCUT2D eigenvalue weighted by molar-refractivity contribution is 0.586. The van der Waals surface area contributed by atoms with E-state index < -0.39 is 9.84 Å². The molecule has 0 bridgehead atoms. The lowest BCUT2D eigenvalue weighted by Gasteiger charge is -2.27. The van der Waals surface area contributed by atoms with E-state index in [9.17, 15) is 8.42 Å². The maximum absolute atomic E-state index is 11.5. The van der Waals surface area contributed by atoms with Crippen molar-refractivity contribution < 1.29 is 8.42 Å². The van der Waals surface area contributed by atoms with Crippen molar-refractivity contribution in [3.8, 4) is 0 Å². The number of nitrogens with zero attached hydrogens (tertiary/aromatic N) is 2. The number of hydrogen-bond acceptors (Lipinski definition) is 4. The van der Waals surface area contributed by atoms with Crippen LogP contribution in [-0.4, -0.2) is 38.0 Å². The third-order valence-corrected chi connectivity index (χ3v) is 5.81. The van der Waals surface area contributed by atoms with Crippen LogP contribution in [0.5, 0.6) is 0 Å². The Morgan fingerprint density at radius 1 is 1.05 bits per heavy atom. The second-order valence-electron chi connectivity index (χ2n) is 4.74. The zero-order valence-electron chi connectivity index (χ0n) is 10.5. The molecule has 0 radical (unpaired) electrons. The van der Waals surface area contributed by atoms with Gasteiger partial charge in [-0.25, -0.2) is 13.4 Å². The van der Waals surface area contributed by atoms with Crippen LogP contribution in [0, 0.1) is 0 Å². The summed E-state index contributed by atoms with van der Waals surface area (Å²) in [5, 5.41) is 1.80. The number of aromatic nitrogens is 1. The Morgan fingerprint density at radius 3 is 2.40 bits per heavy atom. The molecule has 1 aromatic carbocycles. The van der Waals surface area contributed by atoms with Crippen molar-refractivity contribution in [1.82, 2.24) is 4.98 Å². The zero-order chi connectivity index (χ0) is 14.3. The average molecular weight is 331 g/mol. The molecule has 0 amide bonds. The van der Waals surface area contributed by atoms with E-state index >= 15 is 0 Å². The van der Waals surface area contributed by atoms with Crippen molar-refractivity contribution >= 4 is 49.8 Å². The van der Waals surface area contributed by atoms with Crippen molar-refractivity contribution in [3.63, 3.8) is 0 Å². The summed E-state index contributed by atoms with van der Waals surface area (Å²) in [7, 11) is -2.90. The van der Waals surface area contributed by atoms with Crippen molar-refractivity contribution in [3.05, 3.63) is 34.3 Å². The third kappa shape index (κ3) is 2.57. The van der Waals surface area contributed by atoms with Gasteiger partial charge in [0, 0.05) is 18.5 Å². The fraction of sp³-hybridized carbons (Fsp3) is 0.308. The quantitative estimate of drug-likeness (QED) is 0.806. The van der Waals surface area contributed by atoms with Gasteiger partial charge in [-0.3, -0.25) is 0 Å². The summed E-state index contributed by atoms with van der Waals surface area (Å²) in [4.78, 5) is 6.48. The lowest BCUT2D eigenvalue weighted by atomic mass is 10.2. The molecule has 0 saturated carbocycles. The number of anilines is 1. The summed E-state index contributed by atoms with van der Waals surface area (Å²) in [6.07, 6.45) is 0. The Kier molecular flexibility index (Phi) is 3.52. The highest BCUT2D eigenvalue weighted by molar-refractivity contribution is 7.91. The SMILES string of the molecule is O=S1(=O)CCN(c2ccc3ccc(Cl)c(Cl)c3n2)CC1. The molecule has 1 aliphatic rings. The molecule has 106 valence electrons. The van der Waals surface area contributed by atoms with Gasteiger partial charge in [0.2, 0.25) is 0 Å². The molecule has 0 N–H and O–H groups in total. The zero-order valence-corrected chi connectivity index (χ0v) is 12.8. The van der Waals surface area contributed by atoms with Crippen LogP contribution in [0.1, 0.15) is 0 Å².